The summed E-state index contributed by atoms with van der Waals surface area (Å²) < 4.78 is 0.834. The van der Waals surface area contributed by atoms with Gasteiger partial charge in [0.25, 0.3) is 11.5 Å². The van der Waals surface area contributed by atoms with E-state index in [-0.39, 0.29) is 24.1 Å². The molecule has 0 saturated heterocycles. The predicted octanol–water partition coefficient (Wildman–Crippen LogP) is 4.46. The summed E-state index contributed by atoms with van der Waals surface area (Å²) in [7, 11) is 0. The molecule has 1 heterocycles. The number of H-pyrrole nitrogens is 1. The van der Waals surface area contributed by atoms with E-state index in [2.05, 4.69) is 52.3 Å². The topological polar surface area (TPSA) is 74.0 Å². The second-order valence-electron chi connectivity index (χ2n) is 7.14. The maximum Gasteiger partial charge on any atom is 0.253 e. The number of aryl methyl sites for hydroxylation is 2. The van der Waals surface area contributed by atoms with Crippen molar-refractivity contribution in [1.82, 2.24) is 10.3 Å². The molecule has 2 aromatic rings. The van der Waals surface area contributed by atoms with E-state index in [1.54, 1.807) is 0 Å². The lowest BCUT2D eigenvalue weighted by molar-refractivity contribution is 0.0950. The lowest BCUT2D eigenvalue weighted by Crippen LogP contribution is -2.29. The molecule has 1 aromatic heterocycles. The molecule has 0 radical (unpaired) electrons. The zero-order chi connectivity index (χ0) is 20.1. The Morgan fingerprint density at radius 2 is 1.93 bits per heavy atom. The molecule has 5 nitrogen and oxygen atoms in total. The van der Waals surface area contributed by atoms with Gasteiger partial charge >= 0.3 is 0 Å². The molecule has 0 aliphatic carbocycles. The minimum Gasteiger partial charge on any atom is -0.383 e. The third kappa shape index (κ3) is 5.45. The number of pyridine rings is 1. The third-order valence-corrected chi connectivity index (χ3v) is 4.83. The van der Waals surface area contributed by atoms with Crippen molar-refractivity contribution < 1.29 is 4.79 Å². The van der Waals surface area contributed by atoms with Crippen molar-refractivity contribution in [3.8, 4) is 0 Å². The summed E-state index contributed by atoms with van der Waals surface area (Å²) in [5.41, 5.74) is 4.72. The van der Waals surface area contributed by atoms with Crippen LogP contribution >= 0.6 is 15.9 Å². The molecule has 0 atom stereocenters. The fraction of sp³-hybridized carbons (Fsp3) is 0.429. The summed E-state index contributed by atoms with van der Waals surface area (Å²) in [5, 5.41) is 6.27. The van der Waals surface area contributed by atoms with Crippen LogP contribution in [0.4, 0.5) is 5.69 Å². The number of aromatic nitrogens is 1. The molecule has 3 N–H and O–H groups in total. The first-order chi connectivity index (χ1) is 12.7. The number of hydrogen-bond donors (Lipinski definition) is 3. The van der Waals surface area contributed by atoms with Crippen LogP contribution in [0.15, 0.2) is 27.5 Å². The number of anilines is 1. The zero-order valence-electron chi connectivity index (χ0n) is 16.6. The molecule has 146 valence electrons. The minimum atomic E-state index is -0.192. The van der Waals surface area contributed by atoms with E-state index in [1.165, 1.54) is 0 Å². The van der Waals surface area contributed by atoms with Crippen molar-refractivity contribution in [2.75, 3.05) is 5.32 Å². The summed E-state index contributed by atoms with van der Waals surface area (Å²) in [6.45, 7) is 10.2. The Bertz CT molecular complexity index is 888. The normalized spacial score (nSPS) is 10.9. The molecule has 0 saturated carbocycles. The molecule has 0 unspecified atom stereocenters. The molecule has 0 spiro atoms. The van der Waals surface area contributed by atoms with Crippen LogP contribution in [0.1, 0.15) is 59.9 Å². The number of carbonyl (C=O) groups excluding carboxylic acids is 1. The SMILES string of the molecule is CCCc1cc(C)[nH]c(=O)c1CNC(=O)c1cc(Br)cc(NC(C)C)c1C. The first-order valence-electron chi connectivity index (χ1n) is 9.29. The molecule has 0 fully saturated rings. The second-order valence-corrected chi connectivity index (χ2v) is 8.06. The summed E-state index contributed by atoms with van der Waals surface area (Å²) >= 11 is 3.48. The average Bonchev–Trinajstić information content (AvgIpc) is 2.56. The summed E-state index contributed by atoms with van der Waals surface area (Å²) in [5.74, 6) is -0.192. The highest BCUT2D eigenvalue weighted by Gasteiger charge is 2.16. The van der Waals surface area contributed by atoms with E-state index in [0.717, 1.165) is 39.8 Å². The van der Waals surface area contributed by atoms with Gasteiger partial charge in [0.2, 0.25) is 0 Å². The monoisotopic (exact) mass is 433 g/mol. The Balaban J connectivity index is 2.27. The predicted molar refractivity (Wildman–Crippen MR) is 115 cm³/mol. The number of carbonyl (C=O) groups is 1. The molecule has 1 amide bonds. The first kappa shape index (κ1) is 21.2. The van der Waals surface area contributed by atoms with Crippen molar-refractivity contribution in [1.29, 1.82) is 0 Å². The first-order valence-corrected chi connectivity index (χ1v) is 10.1. The van der Waals surface area contributed by atoms with Crippen molar-refractivity contribution in [2.45, 2.75) is 60.0 Å². The Hall–Kier alpha value is -2.08. The number of aromatic amines is 1. The summed E-state index contributed by atoms with van der Waals surface area (Å²) in [4.78, 5) is 28.0. The largest absolute Gasteiger partial charge is 0.383 e. The molecule has 6 heteroatoms. The third-order valence-electron chi connectivity index (χ3n) is 4.37. The molecular formula is C21H28BrN3O2. The van der Waals surface area contributed by atoms with Gasteiger partial charge in [0.05, 0.1) is 0 Å². The van der Waals surface area contributed by atoms with Gasteiger partial charge in [-0.3, -0.25) is 9.59 Å². The lowest BCUT2D eigenvalue weighted by atomic mass is 10.0. The van der Waals surface area contributed by atoms with Gasteiger partial charge in [-0.25, -0.2) is 0 Å². The quantitative estimate of drug-likeness (QED) is 0.603. The van der Waals surface area contributed by atoms with E-state index < -0.39 is 0 Å². The highest BCUT2D eigenvalue weighted by atomic mass is 79.9. The van der Waals surface area contributed by atoms with Crippen molar-refractivity contribution in [3.05, 3.63) is 61.0 Å². The maximum atomic E-state index is 12.8. The number of nitrogens with one attached hydrogen (secondary N) is 3. The van der Waals surface area contributed by atoms with Crippen LogP contribution in [0.5, 0.6) is 0 Å². The maximum absolute atomic E-state index is 12.8. The van der Waals surface area contributed by atoms with Crippen LogP contribution < -0.4 is 16.2 Å². The molecule has 0 aliphatic rings. The van der Waals surface area contributed by atoms with Gasteiger partial charge in [0.15, 0.2) is 0 Å². The molecule has 0 aliphatic heterocycles. The van der Waals surface area contributed by atoms with E-state index in [9.17, 15) is 9.59 Å². The van der Waals surface area contributed by atoms with Crippen LogP contribution in [-0.2, 0) is 13.0 Å². The summed E-state index contributed by atoms with van der Waals surface area (Å²) in [6.07, 6.45) is 1.76. The van der Waals surface area contributed by atoms with Crippen molar-refractivity contribution >= 4 is 27.5 Å². The van der Waals surface area contributed by atoms with Crippen molar-refractivity contribution in [2.24, 2.45) is 0 Å². The smallest absolute Gasteiger partial charge is 0.253 e. The fourth-order valence-electron chi connectivity index (χ4n) is 3.11. The number of amides is 1. The highest BCUT2D eigenvalue weighted by Crippen LogP contribution is 2.26. The van der Waals surface area contributed by atoms with E-state index in [0.29, 0.717) is 11.1 Å². The van der Waals surface area contributed by atoms with Gasteiger partial charge in [-0.1, -0.05) is 29.3 Å². The lowest BCUT2D eigenvalue weighted by Gasteiger charge is -2.17. The van der Waals surface area contributed by atoms with Crippen LogP contribution in [-0.4, -0.2) is 16.9 Å². The molecule has 27 heavy (non-hydrogen) atoms. The Morgan fingerprint density at radius 3 is 2.56 bits per heavy atom. The van der Waals surface area contributed by atoms with Gasteiger partial charge in [-0.2, -0.15) is 0 Å². The molecular weight excluding hydrogens is 406 g/mol. The van der Waals surface area contributed by atoms with Crippen LogP contribution in [0.25, 0.3) is 0 Å². The Labute approximate surface area is 169 Å². The van der Waals surface area contributed by atoms with Crippen molar-refractivity contribution in [3.63, 3.8) is 0 Å². The second kappa shape index (κ2) is 9.22. The average molecular weight is 434 g/mol. The molecule has 1 aromatic carbocycles. The number of rotatable bonds is 7. The molecule has 2 rings (SSSR count). The van der Waals surface area contributed by atoms with E-state index in [1.807, 2.05) is 32.0 Å². The van der Waals surface area contributed by atoms with Gasteiger partial charge < -0.3 is 15.6 Å². The Morgan fingerprint density at radius 1 is 1.22 bits per heavy atom. The number of halogens is 1. The van der Waals surface area contributed by atoms with Crippen LogP contribution in [0.3, 0.4) is 0 Å². The zero-order valence-corrected chi connectivity index (χ0v) is 18.2. The van der Waals surface area contributed by atoms with Gasteiger partial charge in [0.1, 0.15) is 0 Å². The summed E-state index contributed by atoms with van der Waals surface area (Å²) in [6, 6.07) is 6.02. The number of benzene rings is 1. The van der Waals surface area contributed by atoms with Crippen LogP contribution in [0.2, 0.25) is 0 Å². The van der Waals surface area contributed by atoms with Gasteiger partial charge in [-0.15, -0.1) is 0 Å². The van der Waals surface area contributed by atoms with E-state index in [4.69, 9.17) is 0 Å². The highest BCUT2D eigenvalue weighted by molar-refractivity contribution is 9.10. The van der Waals surface area contributed by atoms with Crippen LogP contribution in [0, 0.1) is 13.8 Å². The fourth-order valence-corrected chi connectivity index (χ4v) is 3.57. The molecule has 0 bridgehead atoms. The van der Waals surface area contributed by atoms with Gasteiger partial charge in [0, 0.05) is 39.6 Å². The van der Waals surface area contributed by atoms with E-state index >= 15 is 0 Å². The van der Waals surface area contributed by atoms with Gasteiger partial charge in [-0.05, 0) is 63.4 Å². The minimum absolute atomic E-state index is 0.133. The Kier molecular flexibility index (Phi) is 7.25. The standard InChI is InChI=1S/C21H28BrN3O2/c1-6-7-15-8-13(4)25-21(27)18(15)11-23-20(26)17-9-16(22)10-19(14(17)5)24-12(2)3/h8-10,12,24H,6-7,11H2,1-5H3,(H,23,26)(H,25,27). The number of hydrogen-bond acceptors (Lipinski definition) is 3.